The van der Waals surface area contributed by atoms with Gasteiger partial charge >= 0.3 is 0 Å². The molecule has 3 aliphatic heterocycles. The topological polar surface area (TPSA) is 96.5 Å². The van der Waals surface area contributed by atoms with Gasteiger partial charge in [0, 0.05) is 50.0 Å². The van der Waals surface area contributed by atoms with Gasteiger partial charge in [0.15, 0.2) is 11.3 Å². The third-order valence-corrected chi connectivity index (χ3v) is 7.69. The smallest absolute Gasteiger partial charge is 0.292 e. The third kappa shape index (κ3) is 3.93. The molecule has 9 heteroatoms. The first-order valence-corrected chi connectivity index (χ1v) is 12.7. The van der Waals surface area contributed by atoms with Crippen molar-refractivity contribution in [2.24, 2.45) is 5.92 Å². The van der Waals surface area contributed by atoms with Gasteiger partial charge in [-0.15, -0.1) is 0 Å². The Morgan fingerprint density at radius 3 is 2.58 bits per heavy atom. The number of fused-ring (bicyclic) bond motifs is 2. The van der Waals surface area contributed by atoms with Crippen LogP contribution in [0.2, 0.25) is 0 Å². The van der Waals surface area contributed by atoms with E-state index in [0.29, 0.717) is 62.0 Å². The summed E-state index contributed by atoms with van der Waals surface area (Å²) in [5.41, 5.74) is 0.277. The Morgan fingerprint density at radius 1 is 1.13 bits per heavy atom. The number of amides is 2. The lowest BCUT2D eigenvalue weighted by Gasteiger charge is -2.38. The molecule has 2 amide bonds. The highest BCUT2D eigenvalue weighted by Gasteiger charge is 2.70. The van der Waals surface area contributed by atoms with Gasteiger partial charge in [0.2, 0.25) is 5.78 Å². The van der Waals surface area contributed by atoms with Gasteiger partial charge in [-0.1, -0.05) is 30.9 Å². The number of hydrogen-bond acceptors (Lipinski definition) is 7. The van der Waals surface area contributed by atoms with Gasteiger partial charge in [0.05, 0.1) is 13.2 Å². The molecule has 2 aromatic rings. The molecule has 3 aliphatic rings. The lowest BCUT2D eigenvalue weighted by atomic mass is 9.75. The molecule has 2 atom stereocenters. The van der Waals surface area contributed by atoms with Crippen molar-refractivity contribution in [2.75, 3.05) is 57.9 Å². The molecule has 38 heavy (non-hydrogen) atoms. The fourth-order valence-electron chi connectivity index (χ4n) is 5.80. The SMILES string of the molecule is C=CCOc1ccc(C(=O)C2C(=O)C(=O)N(CCN3CCOCC3)C23C(=O)N(C)c2ccccc23)cc1C. The maximum atomic E-state index is 14.1. The minimum atomic E-state index is -1.74. The summed E-state index contributed by atoms with van der Waals surface area (Å²) in [5.74, 6) is -3.61. The Kier molecular flexibility index (Phi) is 6.90. The highest BCUT2D eigenvalue weighted by molar-refractivity contribution is 6.46. The molecule has 9 nitrogen and oxygen atoms in total. The first-order chi connectivity index (χ1) is 18.3. The minimum absolute atomic E-state index is 0.135. The molecule has 1 spiro atoms. The zero-order valence-electron chi connectivity index (χ0n) is 21.6. The average molecular weight is 518 g/mol. The van der Waals surface area contributed by atoms with Gasteiger partial charge in [0.1, 0.15) is 18.3 Å². The zero-order valence-corrected chi connectivity index (χ0v) is 21.6. The molecule has 198 valence electrons. The number of ketones is 2. The molecule has 0 radical (unpaired) electrons. The average Bonchev–Trinajstić information content (AvgIpc) is 3.29. The molecule has 3 heterocycles. The van der Waals surface area contributed by atoms with Crippen molar-refractivity contribution in [3.63, 3.8) is 0 Å². The fraction of sp³-hybridized carbons (Fsp3) is 0.379. The lowest BCUT2D eigenvalue weighted by molar-refractivity contribution is -0.144. The number of nitrogens with zero attached hydrogens (tertiary/aromatic N) is 3. The van der Waals surface area contributed by atoms with Crippen LogP contribution in [0.15, 0.2) is 55.1 Å². The molecule has 2 unspecified atom stereocenters. The molecule has 0 bridgehead atoms. The van der Waals surface area contributed by atoms with Gasteiger partial charge in [-0.25, -0.2) is 0 Å². The monoisotopic (exact) mass is 517 g/mol. The van der Waals surface area contributed by atoms with Crippen LogP contribution in [0, 0.1) is 12.8 Å². The number of morpholine rings is 1. The van der Waals surface area contributed by atoms with Crippen LogP contribution in [0.3, 0.4) is 0 Å². The van der Waals surface area contributed by atoms with E-state index in [0.717, 1.165) is 0 Å². The minimum Gasteiger partial charge on any atom is -0.489 e. The van der Waals surface area contributed by atoms with Crippen LogP contribution < -0.4 is 9.64 Å². The van der Waals surface area contributed by atoms with Crippen molar-refractivity contribution in [3.8, 4) is 5.75 Å². The van der Waals surface area contributed by atoms with Crippen molar-refractivity contribution in [2.45, 2.75) is 12.5 Å². The summed E-state index contributed by atoms with van der Waals surface area (Å²) < 4.78 is 11.1. The summed E-state index contributed by atoms with van der Waals surface area (Å²) in [6.07, 6.45) is 1.62. The molecule has 2 saturated heterocycles. The Morgan fingerprint density at radius 2 is 1.87 bits per heavy atom. The van der Waals surface area contributed by atoms with E-state index in [1.165, 1.54) is 9.80 Å². The van der Waals surface area contributed by atoms with E-state index in [-0.39, 0.29) is 12.1 Å². The largest absolute Gasteiger partial charge is 0.489 e. The number of Topliss-reactive ketones (excluding diaryl/α,β-unsaturated/α-hetero) is 2. The maximum Gasteiger partial charge on any atom is 0.292 e. The van der Waals surface area contributed by atoms with E-state index < -0.39 is 34.8 Å². The van der Waals surface area contributed by atoms with Crippen LogP contribution >= 0.6 is 0 Å². The Bertz CT molecular complexity index is 1320. The third-order valence-electron chi connectivity index (χ3n) is 7.69. The van der Waals surface area contributed by atoms with Crippen molar-refractivity contribution in [3.05, 3.63) is 71.8 Å². The molecule has 0 N–H and O–H groups in total. The number of hydrogen-bond donors (Lipinski definition) is 0. The summed E-state index contributed by atoms with van der Waals surface area (Å²) >= 11 is 0. The summed E-state index contributed by atoms with van der Waals surface area (Å²) in [5, 5.41) is 0. The van der Waals surface area contributed by atoms with E-state index >= 15 is 0 Å². The number of carbonyl (C=O) groups excluding carboxylic acids is 4. The quantitative estimate of drug-likeness (QED) is 0.229. The molecule has 5 rings (SSSR count). The number of aryl methyl sites for hydroxylation is 1. The molecule has 2 fully saturated rings. The van der Waals surface area contributed by atoms with E-state index in [1.807, 2.05) is 0 Å². The standard InChI is InChI=1S/C29H31N3O6/c1-4-15-38-23-10-9-20(18-19(23)2)25(33)24-26(34)27(35)32(12-11-31-13-16-37-17-14-31)29(24)21-7-5-6-8-22(21)30(3)28(29)36/h4-10,18,24H,1,11-17H2,2-3H3. The van der Waals surface area contributed by atoms with E-state index in [9.17, 15) is 19.2 Å². The number of likely N-dealkylation sites (tertiary alicyclic amines) is 1. The summed E-state index contributed by atoms with van der Waals surface area (Å²) in [4.78, 5) is 60.3. The van der Waals surface area contributed by atoms with Crippen molar-refractivity contribution in [1.82, 2.24) is 9.80 Å². The molecule has 0 saturated carbocycles. The predicted molar refractivity (Wildman–Crippen MR) is 140 cm³/mol. The normalized spacial score (nSPS) is 23.3. The summed E-state index contributed by atoms with van der Waals surface area (Å²) in [6, 6.07) is 11.9. The van der Waals surface area contributed by atoms with E-state index in [4.69, 9.17) is 9.47 Å². The molecule has 0 aliphatic carbocycles. The van der Waals surface area contributed by atoms with Gasteiger partial charge in [0.25, 0.3) is 11.8 Å². The van der Waals surface area contributed by atoms with Crippen LogP contribution in [0.4, 0.5) is 5.69 Å². The van der Waals surface area contributed by atoms with Crippen molar-refractivity contribution < 1.29 is 28.7 Å². The summed E-state index contributed by atoms with van der Waals surface area (Å²) in [7, 11) is 1.61. The van der Waals surface area contributed by atoms with Crippen LogP contribution in [0.5, 0.6) is 5.75 Å². The Hall–Kier alpha value is -3.82. The van der Waals surface area contributed by atoms with Crippen molar-refractivity contribution >= 4 is 29.1 Å². The molecular weight excluding hydrogens is 486 g/mol. The summed E-state index contributed by atoms with van der Waals surface area (Å²) in [6.45, 7) is 8.88. The van der Waals surface area contributed by atoms with E-state index in [2.05, 4.69) is 11.5 Å². The second kappa shape index (κ2) is 10.2. The highest BCUT2D eigenvalue weighted by Crippen LogP contribution is 2.52. The van der Waals surface area contributed by atoms with Gasteiger partial charge < -0.3 is 19.3 Å². The molecular formula is C29H31N3O6. The highest BCUT2D eigenvalue weighted by atomic mass is 16.5. The van der Waals surface area contributed by atoms with Gasteiger partial charge in [-0.05, 0) is 36.8 Å². The van der Waals surface area contributed by atoms with Crippen LogP contribution in [0.25, 0.3) is 0 Å². The molecule has 2 aromatic carbocycles. The number of anilines is 1. The second-order valence-corrected chi connectivity index (χ2v) is 9.80. The fourth-order valence-corrected chi connectivity index (χ4v) is 5.80. The number of likely N-dealkylation sites (N-methyl/N-ethyl adjacent to an activating group) is 1. The Labute approximate surface area is 221 Å². The van der Waals surface area contributed by atoms with Crippen LogP contribution in [-0.2, 0) is 24.7 Å². The first kappa shape index (κ1) is 25.8. The molecule has 0 aromatic heterocycles. The van der Waals surface area contributed by atoms with Gasteiger partial charge in [-0.2, -0.15) is 0 Å². The first-order valence-electron chi connectivity index (χ1n) is 12.7. The number of ether oxygens (including phenoxy) is 2. The predicted octanol–water partition coefficient (Wildman–Crippen LogP) is 1.97. The number of rotatable bonds is 8. The Balaban J connectivity index is 1.59. The number of para-hydroxylation sites is 1. The number of carbonyl (C=O) groups is 4. The second-order valence-electron chi connectivity index (χ2n) is 9.80. The maximum absolute atomic E-state index is 14.1. The number of benzene rings is 2. The van der Waals surface area contributed by atoms with Crippen LogP contribution in [-0.4, -0.2) is 86.2 Å². The zero-order chi connectivity index (χ0) is 27.0. The van der Waals surface area contributed by atoms with E-state index in [1.54, 1.807) is 62.5 Å². The van der Waals surface area contributed by atoms with Gasteiger partial charge in [-0.3, -0.25) is 24.1 Å². The van der Waals surface area contributed by atoms with Crippen molar-refractivity contribution in [1.29, 1.82) is 0 Å². The van der Waals surface area contributed by atoms with Crippen LogP contribution in [0.1, 0.15) is 21.5 Å². The lowest BCUT2D eigenvalue weighted by Crippen LogP contribution is -2.56.